The van der Waals surface area contributed by atoms with E-state index < -0.39 is 0 Å². The summed E-state index contributed by atoms with van der Waals surface area (Å²) in [7, 11) is 6.81. The maximum absolute atomic E-state index is 6.81. The highest BCUT2D eigenvalue weighted by molar-refractivity contribution is 4.74. The molecule has 0 atom stereocenters. The Morgan fingerprint density at radius 1 is 1.11 bits per heavy atom. The van der Waals surface area contributed by atoms with Crippen molar-refractivity contribution >= 4 is 0 Å². The molecule has 0 aliphatic rings. The Labute approximate surface area is 58.4 Å². The molecule has 0 bridgehead atoms. The predicted octanol–water partition coefficient (Wildman–Crippen LogP) is 2.52. The Balaban J connectivity index is 3.82. The zero-order chi connectivity index (χ0) is 7.33. The van der Waals surface area contributed by atoms with E-state index in [0.717, 1.165) is 19.3 Å². The van der Waals surface area contributed by atoms with E-state index in [1.807, 2.05) is 0 Å². The number of hydrogen-bond donors (Lipinski definition) is 0. The van der Waals surface area contributed by atoms with Gasteiger partial charge < -0.3 is 4.74 Å². The normalized spacial score (nSPS) is 12.0. The van der Waals surface area contributed by atoms with Gasteiger partial charge in [-0.2, -0.15) is 0 Å². The van der Waals surface area contributed by atoms with E-state index in [9.17, 15) is 0 Å². The summed E-state index contributed by atoms with van der Waals surface area (Å²) in [6, 6.07) is 0. The van der Waals surface area contributed by atoms with Crippen molar-refractivity contribution in [2.24, 2.45) is 0 Å². The highest BCUT2D eigenvalue weighted by Crippen LogP contribution is 2.23. The van der Waals surface area contributed by atoms with E-state index in [0.29, 0.717) is 0 Å². The number of ether oxygens (including phenoxy) is 1. The van der Waals surface area contributed by atoms with Crippen molar-refractivity contribution in [2.75, 3.05) is 0 Å². The van der Waals surface area contributed by atoms with Crippen LogP contribution in [-0.2, 0) is 4.74 Å². The van der Waals surface area contributed by atoms with Gasteiger partial charge in [0.1, 0.15) is 0 Å². The summed E-state index contributed by atoms with van der Waals surface area (Å²) in [4.78, 5) is 0. The van der Waals surface area contributed by atoms with Gasteiger partial charge in [0, 0.05) is 0 Å². The van der Waals surface area contributed by atoms with Crippen LogP contribution in [0.25, 0.3) is 0 Å². The molecule has 1 heteroatoms. The van der Waals surface area contributed by atoms with Crippen molar-refractivity contribution in [3.05, 3.63) is 7.11 Å². The fourth-order valence-electron chi connectivity index (χ4n) is 0.967. The lowest BCUT2D eigenvalue weighted by Crippen LogP contribution is -2.27. The maximum atomic E-state index is 6.81. The van der Waals surface area contributed by atoms with E-state index in [-0.39, 0.29) is 5.60 Å². The molecule has 0 aromatic heterocycles. The molecule has 9 heavy (non-hydrogen) atoms. The van der Waals surface area contributed by atoms with Crippen LogP contribution in [0.2, 0.25) is 0 Å². The average Bonchev–Trinajstić information content (AvgIpc) is 1.95. The van der Waals surface area contributed by atoms with E-state index in [4.69, 9.17) is 7.11 Å². The van der Waals surface area contributed by atoms with E-state index in [1.165, 1.54) is 0 Å². The lowest BCUT2D eigenvalue weighted by atomic mass is 9.94. The topological polar surface area (TPSA) is 9.23 Å². The van der Waals surface area contributed by atoms with Crippen molar-refractivity contribution in [1.82, 2.24) is 0 Å². The SMILES string of the molecule is [C]OC(CC)(CC)CC. The van der Waals surface area contributed by atoms with Gasteiger partial charge in [-0.3, -0.25) is 0 Å². The van der Waals surface area contributed by atoms with E-state index in [1.54, 1.807) is 0 Å². The van der Waals surface area contributed by atoms with E-state index >= 15 is 0 Å². The first-order chi connectivity index (χ1) is 4.24. The van der Waals surface area contributed by atoms with Crippen LogP contribution in [0.4, 0.5) is 0 Å². The molecular formula is C8H15O. The zero-order valence-corrected chi connectivity index (χ0v) is 6.53. The van der Waals surface area contributed by atoms with Gasteiger partial charge in [-0.25, -0.2) is 0 Å². The molecule has 53 valence electrons. The Morgan fingerprint density at radius 3 is 1.44 bits per heavy atom. The first-order valence-electron chi connectivity index (χ1n) is 3.59. The summed E-state index contributed by atoms with van der Waals surface area (Å²) < 4.78 is 4.64. The summed E-state index contributed by atoms with van der Waals surface area (Å²) in [6.45, 7) is 6.17. The van der Waals surface area contributed by atoms with Crippen molar-refractivity contribution in [3.8, 4) is 0 Å². The minimum Gasteiger partial charge on any atom is -0.359 e. The molecule has 0 spiro atoms. The summed E-state index contributed by atoms with van der Waals surface area (Å²) in [5.41, 5.74) is -0.167. The second-order valence-electron chi connectivity index (χ2n) is 2.35. The smallest absolute Gasteiger partial charge is 0.174 e. The quantitative estimate of drug-likeness (QED) is 0.564. The minimum absolute atomic E-state index is 0.167. The van der Waals surface area contributed by atoms with Crippen LogP contribution in [0.3, 0.4) is 0 Å². The van der Waals surface area contributed by atoms with Gasteiger partial charge >= 0.3 is 0 Å². The van der Waals surface area contributed by atoms with E-state index in [2.05, 4.69) is 25.5 Å². The van der Waals surface area contributed by atoms with Gasteiger partial charge in [-0.15, -0.1) is 0 Å². The molecule has 0 aliphatic carbocycles. The average molecular weight is 127 g/mol. The Bertz CT molecular complexity index is 47.5. The highest BCUT2D eigenvalue weighted by Gasteiger charge is 2.22. The van der Waals surface area contributed by atoms with Crippen LogP contribution in [-0.4, -0.2) is 5.60 Å². The first kappa shape index (κ1) is 8.96. The molecule has 0 amide bonds. The first-order valence-corrected chi connectivity index (χ1v) is 3.59. The molecule has 0 N–H and O–H groups in total. The Morgan fingerprint density at radius 2 is 1.44 bits per heavy atom. The summed E-state index contributed by atoms with van der Waals surface area (Å²) in [5.74, 6) is 0. The molecule has 0 fully saturated rings. The molecule has 1 nitrogen and oxygen atoms in total. The van der Waals surface area contributed by atoms with Gasteiger partial charge in [0.05, 0.1) is 5.60 Å². The van der Waals surface area contributed by atoms with Crippen LogP contribution in [0.5, 0.6) is 0 Å². The van der Waals surface area contributed by atoms with Crippen LogP contribution >= 0.6 is 0 Å². The van der Waals surface area contributed by atoms with Crippen molar-refractivity contribution in [2.45, 2.75) is 45.6 Å². The van der Waals surface area contributed by atoms with Crippen LogP contribution in [0, 0.1) is 7.11 Å². The van der Waals surface area contributed by atoms with Crippen molar-refractivity contribution in [3.63, 3.8) is 0 Å². The van der Waals surface area contributed by atoms with Gasteiger partial charge in [0.15, 0.2) is 7.11 Å². The Kier molecular flexibility index (Phi) is 3.87. The second-order valence-corrected chi connectivity index (χ2v) is 2.35. The zero-order valence-electron chi connectivity index (χ0n) is 6.53. The fourth-order valence-corrected chi connectivity index (χ4v) is 0.967. The molecule has 3 radical (unpaired) electrons. The van der Waals surface area contributed by atoms with Crippen molar-refractivity contribution in [1.29, 1.82) is 0 Å². The van der Waals surface area contributed by atoms with Gasteiger partial charge in [-0.1, -0.05) is 20.8 Å². The fraction of sp³-hybridized carbons (Fsp3) is 0.875. The molecular weight excluding hydrogens is 112 g/mol. The van der Waals surface area contributed by atoms with Gasteiger partial charge in [-0.05, 0) is 19.3 Å². The molecule has 0 aromatic rings. The molecule has 0 saturated carbocycles. The summed E-state index contributed by atoms with van der Waals surface area (Å²) >= 11 is 0. The van der Waals surface area contributed by atoms with Crippen LogP contribution < -0.4 is 0 Å². The highest BCUT2D eigenvalue weighted by atomic mass is 16.5. The monoisotopic (exact) mass is 127 g/mol. The number of rotatable bonds is 4. The summed E-state index contributed by atoms with van der Waals surface area (Å²) in [6.07, 6.45) is 2.80. The molecule has 0 rings (SSSR count). The lowest BCUT2D eigenvalue weighted by Gasteiger charge is -2.27. The lowest BCUT2D eigenvalue weighted by molar-refractivity contribution is 0.00585. The van der Waals surface area contributed by atoms with Crippen molar-refractivity contribution < 1.29 is 4.74 Å². The largest absolute Gasteiger partial charge is 0.359 e. The standard InChI is InChI=1S/C8H15O/c1-5-8(6-2,7-3)9-4/h5-7H2,1-3H3. The molecule has 0 unspecified atom stereocenters. The number of hydrogen-bond acceptors (Lipinski definition) is 1. The minimum atomic E-state index is -0.167. The molecule has 0 saturated heterocycles. The van der Waals surface area contributed by atoms with Gasteiger partial charge in [0.25, 0.3) is 0 Å². The maximum Gasteiger partial charge on any atom is 0.174 e. The summed E-state index contributed by atoms with van der Waals surface area (Å²) in [5, 5.41) is 0. The third kappa shape index (κ3) is 1.98. The third-order valence-corrected chi connectivity index (χ3v) is 2.15. The third-order valence-electron chi connectivity index (χ3n) is 2.15. The van der Waals surface area contributed by atoms with Crippen LogP contribution in [0.1, 0.15) is 40.0 Å². The van der Waals surface area contributed by atoms with Gasteiger partial charge in [0.2, 0.25) is 0 Å². The predicted molar refractivity (Wildman–Crippen MR) is 37.9 cm³/mol. The second kappa shape index (κ2) is 3.89. The Hall–Kier alpha value is -0.0400. The molecule has 0 heterocycles. The molecule has 0 aliphatic heterocycles. The van der Waals surface area contributed by atoms with Crippen LogP contribution in [0.15, 0.2) is 0 Å². The molecule has 0 aromatic carbocycles.